The van der Waals surface area contributed by atoms with E-state index < -0.39 is 0 Å². The van der Waals surface area contributed by atoms with E-state index in [-0.39, 0.29) is 44.7 Å². The molecule has 4 aromatic rings. The van der Waals surface area contributed by atoms with Gasteiger partial charge in [0.05, 0.1) is 0 Å². The Morgan fingerprint density at radius 3 is 2.27 bits per heavy atom. The van der Waals surface area contributed by atoms with Crippen LogP contribution in [0.4, 0.5) is 0 Å². The summed E-state index contributed by atoms with van der Waals surface area (Å²) in [5.41, 5.74) is 1.44. The van der Waals surface area contributed by atoms with Crippen LogP contribution in [0.25, 0.3) is 11.2 Å². The first-order valence-electron chi connectivity index (χ1n) is 5.70. The van der Waals surface area contributed by atoms with Crippen LogP contribution in [0.2, 0.25) is 0 Å². The first-order valence-corrected chi connectivity index (χ1v) is 6.15. The van der Waals surface area contributed by atoms with Crippen LogP contribution in [0.15, 0.2) is 49.1 Å². The van der Waals surface area contributed by atoms with Gasteiger partial charge >= 0.3 is 44.7 Å². The van der Waals surface area contributed by atoms with Gasteiger partial charge in [-0.1, -0.05) is 0 Å². The molecule has 0 amide bonds. The fraction of sp³-hybridized carbons (Fsp3) is 0. The summed E-state index contributed by atoms with van der Waals surface area (Å²) in [6.07, 6.45) is 3.00. The number of imidazole rings is 1. The SMILES string of the molecule is [Fe+2].[Hg+].[SH+]=c1nc[n-]c2nc[nH]c12.[c-]1[c-][c-][cH-][c-]1.c1cc[cH-]c1. The van der Waals surface area contributed by atoms with E-state index in [0.29, 0.717) is 10.3 Å². The van der Waals surface area contributed by atoms with Crippen LogP contribution in [-0.2, 0) is 57.0 Å². The summed E-state index contributed by atoms with van der Waals surface area (Å²) in [4.78, 5) is 14.6. The summed E-state index contributed by atoms with van der Waals surface area (Å²) >= 11 is 4.09. The molecule has 0 unspecified atom stereocenters. The van der Waals surface area contributed by atoms with Crippen molar-refractivity contribution in [2.45, 2.75) is 0 Å². The molecule has 7 heteroatoms. The van der Waals surface area contributed by atoms with Crippen molar-refractivity contribution in [3.8, 4) is 0 Å². The second kappa shape index (κ2) is 12.5. The molecule has 0 aliphatic heterocycles. The van der Waals surface area contributed by atoms with E-state index in [1.165, 1.54) is 6.33 Å². The number of nitrogens with zero attached hydrogens (tertiary/aromatic N) is 3. The van der Waals surface area contributed by atoms with Gasteiger partial charge in [-0.15, -0.1) is 0 Å². The number of hydrogen-bond donors (Lipinski definition) is 1. The molecular formula is C15H10FeHgN4S-3. The summed E-state index contributed by atoms with van der Waals surface area (Å²) in [7, 11) is 0. The van der Waals surface area contributed by atoms with E-state index in [9.17, 15) is 0 Å². The van der Waals surface area contributed by atoms with E-state index in [2.05, 4.69) is 56.4 Å². The van der Waals surface area contributed by atoms with Gasteiger partial charge in [-0.25, -0.2) is 12.1 Å². The minimum atomic E-state index is 0. The number of nitrogens with one attached hydrogen (secondary N) is 1. The zero-order valence-electron chi connectivity index (χ0n) is 11.5. The Labute approximate surface area is 165 Å². The number of aromatic nitrogens is 4. The smallest absolute Gasteiger partial charge is 0.999 e. The second-order valence-electron chi connectivity index (χ2n) is 3.44. The van der Waals surface area contributed by atoms with Crippen LogP contribution in [0.5, 0.6) is 0 Å². The van der Waals surface area contributed by atoms with Crippen molar-refractivity contribution in [2.24, 2.45) is 0 Å². The van der Waals surface area contributed by atoms with Gasteiger partial charge in [0, 0.05) is 12.0 Å². The van der Waals surface area contributed by atoms with Crippen LogP contribution in [0, 0.1) is 28.9 Å². The number of fused-ring (bicyclic) bond motifs is 1. The first-order chi connectivity index (χ1) is 9.88. The fourth-order valence-electron chi connectivity index (χ4n) is 1.25. The Balaban J connectivity index is 0.000000316. The summed E-state index contributed by atoms with van der Waals surface area (Å²) in [6, 6.07) is 22.0. The molecule has 0 saturated heterocycles. The molecule has 4 nitrogen and oxygen atoms in total. The van der Waals surface area contributed by atoms with E-state index in [0.717, 1.165) is 5.52 Å². The molecule has 22 heavy (non-hydrogen) atoms. The predicted octanol–water partition coefficient (Wildman–Crippen LogP) is 1.73. The fourth-order valence-corrected chi connectivity index (χ4v) is 1.47. The average molecular weight is 535 g/mol. The van der Waals surface area contributed by atoms with Crippen molar-refractivity contribution in [2.75, 3.05) is 0 Å². The number of thiol groups is 1. The Morgan fingerprint density at radius 1 is 1.14 bits per heavy atom. The van der Waals surface area contributed by atoms with Gasteiger partial charge in [0.15, 0.2) is 12.2 Å². The maximum atomic E-state index is 4.09. The zero-order chi connectivity index (χ0) is 14.0. The van der Waals surface area contributed by atoms with E-state index in [4.69, 9.17) is 0 Å². The number of H-pyrrole nitrogens is 1. The maximum absolute atomic E-state index is 4.09. The molecule has 1 radical (unpaired) electrons. The summed E-state index contributed by atoms with van der Waals surface area (Å²) in [5.74, 6) is 0. The molecule has 4 rings (SSSR count). The molecule has 0 spiro atoms. The van der Waals surface area contributed by atoms with Crippen molar-refractivity contribution in [3.63, 3.8) is 0 Å². The maximum Gasteiger partial charge on any atom is 2.00 e. The third kappa shape index (κ3) is 7.27. The van der Waals surface area contributed by atoms with E-state index >= 15 is 0 Å². The molecule has 0 aliphatic carbocycles. The van der Waals surface area contributed by atoms with Crippen molar-refractivity contribution in [1.82, 2.24) is 19.9 Å². The van der Waals surface area contributed by atoms with Gasteiger partial charge in [0.2, 0.25) is 0 Å². The molecule has 0 fully saturated rings. The predicted molar refractivity (Wildman–Crippen MR) is 78.6 cm³/mol. The minimum absolute atomic E-state index is 0. The van der Waals surface area contributed by atoms with Crippen molar-refractivity contribution >= 4 is 23.4 Å². The van der Waals surface area contributed by atoms with E-state index in [1.54, 1.807) is 12.4 Å². The average Bonchev–Trinajstić information content (AvgIpc) is 3.24. The van der Waals surface area contributed by atoms with Crippen LogP contribution < -0.4 is 4.98 Å². The second-order valence-corrected chi connectivity index (χ2v) is 3.87. The molecule has 2 heterocycles. The quantitative estimate of drug-likeness (QED) is 0.123. The number of rotatable bonds is 0. The van der Waals surface area contributed by atoms with Crippen LogP contribution in [0.3, 0.4) is 0 Å². The molecule has 0 atom stereocenters. The Morgan fingerprint density at radius 2 is 1.82 bits per heavy atom. The van der Waals surface area contributed by atoms with Gasteiger partial charge in [-0.2, -0.15) is 18.2 Å². The largest absolute Gasteiger partial charge is 2.00 e. The Bertz CT molecular complexity index is 686. The summed E-state index contributed by atoms with van der Waals surface area (Å²) < 4.78 is 0.627. The monoisotopic (exact) mass is 536 g/mol. The van der Waals surface area contributed by atoms with Gasteiger partial charge in [0.25, 0.3) is 4.64 Å². The minimum Gasteiger partial charge on any atom is -0.999 e. The van der Waals surface area contributed by atoms with Gasteiger partial charge in [-0.3, -0.25) is 0 Å². The normalized spacial score (nSPS) is 8.36. The Hall–Kier alpha value is -1.08. The molecule has 2 aromatic carbocycles. The van der Waals surface area contributed by atoms with Gasteiger partial charge in [-0.05, 0) is 6.33 Å². The summed E-state index contributed by atoms with van der Waals surface area (Å²) in [5, 5.41) is 0. The third-order valence-corrected chi connectivity index (χ3v) is 2.45. The van der Waals surface area contributed by atoms with Crippen LogP contribution in [-0.4, -0.2) is 15.0 Å². The van der Waals surface area contributed by atoms with Crippen molar-refractivity contribution in [3.05, 3.63) is 78.0 Å². The molecule has 0 aliphatic rings. The van der Waals surface area contributed by atoms with Gasteiger partial charge in [0.1, 0.15) is 5.52 Å². The van der Waals surface area contributed by atoms with Crippen LogP contribution in [0.1, 0.15) is 0 Å². The molecular weight excluding hydrogens is 525 g/mol. The van der Waals surface area contributed by atoms with Crippen LogP contribution >= 0.6 is 0 Å². The molecule has 109 valence electrons. The topological polar surface area (TPSA) is 55.7 Å². The molecule has 0 saturated carbocycles. The molecule has 2 aromatic heterocycles. The third-order valence-electron chi connectivity index (χ3n) is 2.11. The van der Waals surface area contributed by atoms with Crippen molar-refractivity contribution < 1.29 is 44.7 Å². The first kappa shape index (κ1) is 20.9. The summed E-state index contributed by atoms with van der Waals surface area (Å²) in [6.45, 7) is 0. The molecule has 1 N–H and O–H groups in total. The number of aromatic amines is 1. The zero-order valence-corrected chi connectivity index (χ0v) is 19.0. The standard InChI is InChI=1S/C5H4N4S.C5H5.C5H.Fe.Hg/c10-5-3-4(7-1-6-3)8-2-9-5;2*1-2-4-5-3-1;;/h1-2H,(H2,6,7,8,9,10);1-5H;1H;;/q;-1;-5;+2;+1. The number of hydrogen-bond acceptors (Lipinski definition) is 2. The molecule has 0 bridgehead atoms. The van der Waals surface area contributed by atoms with Gasteiger partial charge < -0.3 is 50.3 Å². The van der Waals surface area contributed by atoms with E-state index in [1.807, 2.05) is 30.3 Å². The van der Waals surface area contributed by atoms with Crippen molar-refractivity contribution in [1.29, 1.82) is 0 Å². The Kier molecular flexibility index (Phi) is 11.9.